The van der Waals surface area contributed by atoms with Crippen LogP contribution in [0.3, 0.4) is 0 Å². The predicted octanol–water partition coefficient (Wildman–Crippen LogP) is 3.91. The maximum Gasteiger partial charge on any atom is 0.243 e. The van der Waals surface area contributed by atoms with Gasteiger partial charge in [0.05, 0.1) is 31.7 Å². The van der Waals surface area contributed by atoms with E-state index in [0.717, 1.165) is 9.87 Å². The summed E-state index contributed by atoms with van der Waals surface area (Å²) >= 11 is 0. The molecule has 0 saturated heterocycles. The fraction of sp³-hybridized carbons (Fsp3) is 0.240. The SMILES string of the molecule is COc1ccc(S(=O)(=O)N(CC(=O)N[C@@H](C)c2ccc(F)cc2)Cc2ccccc2)cc1OC. The zero-order chi connectivity index (χ0) is 24.7. The molecule has 3 aromatic carbocycles. The zero-order valence-electron chi connectivity index (χ0n) is 19.2. The van der Waals surface area contributed by atoms with Crippen LogP contribution in [0.4, 0.5) is 4.39 Å². The summed E-state index contributed by atoms with van der Waals surface area (Å²) in [4.78, 5) is 12.8. The Balaban J connectivity index is 1.87. The lowest BCUT2D eigenvalue weighted by molar-refractivity contribution is -0.122. The van der Waals surface area contributed by atoms with E-state index in [0.29, 0.717) is 11.3 Å². The molecule has 0 radical (unpaired) electrons. The van der Waals surface area contributed by atoms with Gasteiger partial charge in [-0.15, -0.1) is 0 Å². The van der Waals surface area contributed by atoms with Crippen molar-refractivity contribution in [3.05, 3.63) is 89.7 Å². The molecule has 0 unspecified atom stereocenters. The molecule has 0 fully saturated rings. The number of benzene rings is 3. The molecule has 1 amide bonds. The fourth-order valence-corrected chi connectivity index (χ4v) is 4.82. The van der Waals surface area contributed by atoms with Crippen LogP contribution >= 0.6 is 0 Å². The van der Waals surface area contributed by atoms with E-state index in [1.165, 1.54) is 44.6 Å². The van der Waals surface area contributed by atoms with Gasteiger partial charge in [-0.05, 0) is 42.3 Å². The van der Waals surface area contributed by atoms with Crippen LogP contribution in [0.15, 0.2) is 77.7 Å². The molecule has 0 aliphatic carbocycles. The van der Waals surface area contributed by atoms with E-state index in [1.807, 2.05) is 6.07 Å². The van der Waals surface area contributed by atoms with Crippen LogP contribution in [0.5, 0.6) is 11.5 Å². The van der Waals surface area contributed by atoms with E-state index in [2.05, 4.69) is 5.32 Å². The van der Waals surface area contributed by atoms with Crippen molar-refractivity contribution in [2.24, 2.45) is 0 Å². The van der Waals surface area contributed by atoms with Crippen molar-refractivity contribution < 1.29 is 27.1 Å². The molecule has 0 aromatic heterocycles. The van der Waals surface area contributed by atoms with Gasteiger partial charge in [0, 0.05) is 12.6 Å². The minimum absolute atomic E-state index is 0.00410. The number of carbonyl (C=O) groups is 1. The second-order valence-electron chi connectivity index (χ2n) is 7.62. The Morgan fingerprint density at radius 3 is 2.24 bits per heavy atom. The van der Waals surface area contributed by atoms with Crippen LogP contribution in [0, 0.1) is 5.82 Å². The highest BCUT2D eigenvalue weighted by Gasteiger charge is 2.28. The number of rotatable bonds is 10. The Morgan fingerprint density at radius 2 is 1.62 bits per heavy atom. The van der Waals surface area contributed by atoms with Crippen molar-refractivity contribution >= 4 is 15.9 Å². The fourth-order valence-electron chi connectivity index (χ4n) is 3.42. The number of methoxy groups -OCH3 is 2. The molecule has 0 aliphatic heterocycles. The first-order valence-corrected chi connectivity index (χ1v) is 12.0. The van der Waals surface area contributed by atoms with Crippen molar-refractivity contribution in [1.29, 1.82) is 0 Å². The molecular formula is C25H27FN2O5S. The highest BCUT2D eigenvalue weighted by molar-refractivity contribution is 7.89. The van der Waals surface area contributed by atoms with Gasteiger partial charge in [-0.3, -0.25) is 4.79 Å². The molecule has 7 nitrogen and oxygen atoms in total. The third kappa shape index (κ3) is 6.12. The smallest absolute Gasteiger partial charge is 0.243 e. The van der Waals surface area contributed by atoms with Crippen molar-refractivity contribution in [1.82, 2.24) is 9.62 Å². The van der Waals surface area contributed by atoms with Gasteiger partial charge in [0.2, 0.25) is 15.9 Å². The standard InChI is InChI=1S/C25H27FN2O5S/c1-18(20-9-11-21(26)12-10-20)27-25(29)17-28(16-19-7-5-4-6-8-19)34(30,31)22-13-14-23(32-2)24(15-22)33-3/h4-15,18H,16-17H2,1-3H3,(H,27,29)/t18-/m0/s1. The second kappa shape index (κ2) is 11.1. The minimum Gasteiger partial charge on any atom is -0.493 e. The van der Waals surface area contributed by atoms with E-state index in [9.17, 15) is 17.6 Å². The van der Waals surface area contributed by atoms with E-state index in [4.69, 9.17) is 9.47 Å². The number of nitrogens with one attached hydrogen (secondary N) is 1. The number of nitrogens with zero attached hydrogens (tertiary/aromatic N) is 1. The van der Waals surface area contributed by atoms with Gasteiger partial charge < -0.3 is 14.8 Å². The zero-order valence-corrected chi connectivity index (χ0v) is 20.0. The van der Waals surface area contributed by atoms with Crippen LogP contribution in [-0.2, 0) is 21.4 Å². The molecule has 0 spiro atoms. The topological polar surface area (TPSA) is 84.9 Å². The molecule has 3 aromatic rings. The van der Waals surface area contributed by atoms with E-state index in [1.54, 1.807) is 43.3 Å². The first-order valence-electron chi connectivity index (χ1n) is 10.6. The summed E-state index contributed by atoms with van der Waals surface area (Å²) < 4.78 is 51.8. The average Bonchev–Trinajstić information content (AvgIpc) is 2.84. The largest absolute Gasteiger partial charge is 0.493 e. The van der Waals surface area contributed by atoms with Gasteiger partial charge in [-0.1, -0.05) is 42.5 Å². The van der Waals surface area contributed by atoms with Crippen molar-refractivity contribution in [3.63, 3.8) is 0 Å². The van der Waals surface area contributed by atoms with Gasteiger partial charge in [0.15, 0.2) is 11.5 Å². The first kappa shape index (κ1) is 25.2. The quantitative estimate of drug-likeness (QED) is 0.470. The summed E-state index contributed by atoms with van der Waals surface area (Å²) in [5.74, 6) is -0.214. The minimum atomic E-state index is -4.07. The number of halogens is 1. The lowest BCUT2D eigenvalue weighted by Crippen LogP contribution is -2.41. The molecule has 180 valence electrons. The Kier molecular flexibility index (Phi) is 8.25. The summed E-state index contributed by atoms with van der Waals surface area (Å²) in [5.41, 5.74) is 1.43. The van der Waals surface area contributed by atoms with Crippen LogP contribution < -0.4 is 14.8 Å². The van der Waals surface area contributed by atoms with Crippen LogP contribution in [0.2, 0.25) is 0 Å². The number of hydrogen-bond acceptors (Lipinski definition) is 5. The van der Waals surface area contributed by atoms with Crippen molar-refractivity contribution in [3.8, 4) is 11.5 Å². The summed E-state index contributed by atoms with van der Waals surface area (Å²) in [6, 6.07) is 18.6. The molecule has 1 N–H and O–H groups in total. The van der Waals surface area contributed by atoms with Gasteiger partial charge in [0.25, 0.3) is 0 Å². The molecule has 0 saturated carbocycles. The number of ether oxygens (including phenoxy) is 2. The molecule has 0 aliphatic rings. The number of hydrogen-bond donors (Lipinski definition) is 1. The molecule has 34 heavy (non-hydrogen) atoms. The van der Waals surface area contributed by atoms with Crippen molar-refractivity contribution in [2.75, 3.05) is 20.8 Å². The van der Waals surface area contributed by atoms with E-state index < -0.39 is 28.5 Å². The van der Waals surface area contributed by atoms with E-state index in [-0.39, 0.29) is 23.0 Å². The van der Waals surface area contributed by atoms with Crippen LogP contribution in [0.1, 0.15) is 24.1 Å². The molecule has 9 heteroatoms. The Hall–Kier alpha value is -3.43. The average molecular weight is 487 g/mol. The van der Waals surface area contributed by atoms with Gasteiger partial charge in [0.1, 0.15) is 5.82 Å². The summed E-state index contributed by atoms with van der Waals surface area (Å²) in [7, 11) is -1.19. The normalized spacial score (nSPS) is 12.3. The third-order valence-electron chi connectivity index (χ3n) is 5.26. The maximum absolute atomic E-state index is 13.5. The molecule has 0 bridgehead atoms. The van der Waals surface area contributed by atoms with Crippen molar-refractivity contribution in [2.45, 2.75) is 24.4 Å². The number of sulfonamides is 1. The maximum atomic E-state index is 13.5. The van der Waals surface area contributed by atoms with Gasteiger partial charge in [-0.25, -0.2) is 12.8 Å². The summed E-state index contributed by atoms with van der Waals surface area (Å²) in [5, 5.41) is 2.78. The second-order valence-corrected chi connectivity index (χ2v) is 9.55. The molecule has 0 heterocycles. The molecular weight excluding hydrogens is 459 g/mol. The van der Waals surface area contributed by atoms with Gasteiger partial charge in [-0.2, -0.15) is 4.31 Å². The lowest BCUT2D eigenvalue weighted by Gasteiger charge is -2.24. The highest BCUT2D eigenvalue weighted by Crippen LogP contribution is 2.31. The lowest BCUT2D eigenvalue weighted by atomic mass is 10.1. The Morgan fingerprint density at radius 1 is 0.971 bits per heavy atom. The third-order valence-corrected chi connectivity index (χ3v) is 7.05. The Labute approximate surface area is 199 Å². The molecule has 1 atom stereocenters. The monoisotopic (exact) mass is 486 g/mol. The summed E-state index contributed by atoms with van der Waals surface area (Å²) in [6.45, 7) is 1.34. The number of amides is 1. The van der Waals surface area contributed by atoms with Crippen LogP contribution in [0.25, 0.3) is 0 Å². The predicted molar refractivity (Wildman–Crippen MR) is 127 cm³/mol. The van der Waals surface area contributed by atoms with Crippen LogP contribution in [-0.4, -0.2) is 39.4 Å². The van der Waals surface area contributed by atoms with Gasteiger partial charge >= 0.3 is 0 Å². The molecule has 3 rings (SSSR count). The highest BCUT2D eigenvalue weighted by atomic mass is 32.2. The number of carbonyl (C=O) groups excluding carboxylic acids is 1. The Bertz CT molecular complexity index is 1220. The first-order chi connectivity index (χ1) is 16.2. The van der Waals surface area contributed by atoms with E-state index >= 15 is 0 Å². The summed E-state index contributed by atoms with van der Waals surface area (Å²) in [6.07, 6.45) is 0.